The van der Waals surface area contributed by atoms with Gasteiger partial charge < -0.3 is 9.72 Å². The third kappa shape index (κ3) is 1.92. The average molecular weight is 248 g/mol. The highest BCUT2D eigenvalue weighted by atomic mass is 16.6. The summed E-state index contributed by atoms with van der Waals surface area (Å²) in [6.45, 7) is 3.69. The van der Waals surface area contributed by atoms with Crippen LogP contribution < -0.4 is 0 Å². The summed E-state index contributed by atoms with van der Waals surface area (Å²) in [4.78, 5) is 24.9. The Morgan fingerprint density at radius 3 is 2.83 bits per heavy atom. The lowest BCUT2D eigenvalue weighted by molar-refractivity contribution is -0.383. The summed E-state index contributed by atoms with van der Waals surface area (Å²) in [5.41, 5.74) is 1.17. The van der Waals surface area contributed by atoms with E-state index in [0.29, 0.717) is 10.9 Å². The van der Waals surface area contributed by atoms with Crippen molar-refractivity contribution in [2.45, 2.75) is 13.8 Å². The van der Waals surface area contributed by atoms with E-state index in [-0.39, 0.29) is 18.0 Å². The number of esters is 1. The topological polar surface area (TPSA) is 85.2 Å². The normalized spacial score (nSPS) is 10.6. The third-order valence-corrected chi connectivity index (χ3v) is 2.59. The zero-order chi connectivity index (χ0) is 13.3. The molecule has 0 aliphatic heterocycles. The number of nitrogens with zero attached hydrogens (tertiary/aromatic N) is 1. The van der Waals surface area contributed by atoms with Crippen LogP contribution in [-0.2, 0) is 4.74 Å². The van der Waals surface area contributed by atoms with Gasteiger partial charge in [-0.05, 0) is 31.5 Å². The second kappa shape index (κ2) is 4.48. The predicted octanol–water partition coefficient (Wildman–Crippen LogP) is 2.56. The Kier molecular flexibility index (Phi) is 3.01. The van der Waals surface area contributed by atoms with Gasteiger partial charge in [0, 0.05) is 0 Å². The molecule has 0 fully saturated rings. The Balaban J connectivity index is 2.68. The smallest absolute Gasteiger partial charge is 0.362 e. The van der Waals surface area contributed by atoms with Crippen LogP contribution in [0.25, 0.3) is 10.9 Å². The molecule has 2 aromatic rings. The molecule has 0 saturated heterocycles. The Hall–Kier alpha value is -2.37. The number of aryl methyl sites for hydroxylation is 1. The molecule has 18 heavy (non-hydrogen) atoms. The van der Waals surface area contributed by atoms with E-state index in [2.05, 4.69) is 4.98 Å². The zero-order valence-electron chi connectivity index (χ0n) is 10.0. The summed E-state index contributed by atoms with van der Waals surface area (Å²) < 4.78 is 4.80. The molecular weight excluding hydrogens is 236 g/mol. The van der Waals surface area contributed by atoms with E-state index in [0.717, 1.165) is 5.56 Å². The molecule has 0 atom stereocenters. The molecule has 1 aromatic heterocycles. The number of H-pyrrole nitrogens is 1. The number of aromatic nitrogens is 1. The van der Waals surface area contributed by atoms with Crippen molar-refractivity contribution < 1.29 is 14.5 Å². The lowest BCUT2D eigenvalue weighted by atomic mass is 10.1. The van der Waals surface area contributed by atoms with E-state index < -0.39 is 10.9 Å². The van der Waals surface area contributed by atoms with Gasteiger partial charge in [0.2, 0.25) is 5.69 Å². The summed E-state index contributed by atoms with van der Waals surface area (Å²) in [6, 6.07) is 5.14. The Morgan fingerprint density at radius 1 is 1.50 bits per heavy atom. The van der Waals surface area contributed by atoms with Gasteiger partial charge in [-0.2, -0.15) is 0 Å². The van der Waals surface area contributed by atoms with Crippen LogP contribution in [-0.4, -0.2) is 22.5 Å². The lowest BCUT2D eigenvalue weighted by Crippen LogP contribution is -2.07. The summed E-state index contributed by atoms with van der Waals surface area (Å²) in [6.07, 6.45) is 0. The highest BCUT2D eigenvalue weighted by Crippen LogP contribution is 2.30. The van der Waals surface area contributed by atoms with Gasteiger partial charge in [0.1, 0.15) is 0 Å². The van der Waals surface area contributed by atoms with Crippen molar-refractivity contribution in [3.8, 4) is 0 Å². The van der Waals surface area contributed by atoms with E-state index in [1.165, 1.54) is 0 Å². The molecule has 0 bridgehead atoms. The van der Waals surface area contributed by atoms with E-state index in [1.54, 1.807) is 25.1 Å². The number of aromatic amines is 1. The summed E-state index contributed by atoms with van der Waals surface area (Å²) in [5, 5.41) is 11.5. The highest BCUT2D eigenvalue weighted by molar-refractivity contribution is 6.03. The van der Waals surface area contributed by atoms with Crippen LogP contribution in [0.3, 0.4) is 0 Å². The Bertz CT molecular complexity index is 630. The van der Waals surface area contributed by atoms with E-state index in [9.17, 15) is 14.9 Å². The molecular formula is C12H12N2O4. The number of ether oxygens (including phenoxy) is 1. The fraction of sp³-hybridized carbons (Fsp3) is 0.250. The van der Waals surface area contributed by atoms with Gasteiger partial charge in [0.05, 0.1) is 22.4 Å². The van der Waals surface area contributed by atoms with Crippen LogP contribution in [0.2, 0.25) is 0 Å². The van der Waals surface area contributed by atoms with Gasteiger partial charge in [0.15, 0.2) is 0 Å². The van der Waals surface area contributed by atoms with E-state index >= 15 is 0 Å². The molecule has 6 heteroatoms. The van der Waals surface area contributed by atoms with Gasteiger partial charge in [-0.15, -0.1) is 0 Å². The van der Waals surface area contributed by atoms with Crippen LogP contribution in [0.4, 0.5) is 5.69 Å². The lowest BCUT2D eigenvalue weighted by Gasteiger charge is -1.98. The number of fused-ring (bicyclic) bond motifs is 1. The number of benzene rings is 1. The molecule has 94 valence electrons. The summed E-state index contributed by atoms with van der Waals surface area (Å²) in [7, 11) is 0. The molecule has 0 unspecified atom stereocenters. The molecule has 1 N–H and O–H groups in total. The van der Waals surface area contributed by atoms with Crippen molar-refractivity contribution in [2.24, 2.45) is 0 Å². The first-order valence-corrected chi connectivity index (χ1v) is 5.48. The minimum Gasteiger partial charge on any atom is -0.461 e. The van der Waals surface area contributed by atoms with Crippen LogP contribution in [0.5, 0.6) is 0 Å². The van der Waals surface area contributed by atoms with Crippen molar-refractivity contribution in [3.63, 3.8) is 0 Å². The maximum atomic E-state index is 11.7. The maximum absolute atomic E-state index is 11.7. The molecule has 2 rings (SSSR count). The first-order valence-electron chi connectivity index (χ1n) is 5.48. The SMILES string of the molecule is CCOC(=O)c1[nH]c2cc(C)ccc2c1[N+](=O)[O-]. The average Bonchev–Trinajstić information content (AvgIpc) is 2.67. The number of hydrogen-bond acceptors (Lipinski definition) is 4. The van der Waals surface area contributed by atoms with Crippen molar-refractivity contribution in [1.82, 2.24) is 4.98 Å². The van der Waals surface area contributed by atoms with Crippen LogP contribution >= 0.6 is 0 Å². The van der Waals surface area contributed by atoms with Gasteiger partial charge in [-0.3, -0.25) is 10.1 Å². The molecule has 0 radical (unpaired) electrons. The number of carbonyl (C=O) groups excluding carboxylic acids is 1. The minimum absolute atomic E-state index is 0.109. The largest absolute Gasteiger partial charge is 0.461 e. The third-order valence-electron chi connectivity index (χ3n) is 2.59. The molecule has 1 aromatic carbocycles. The predicted molar refractivity (Wildman–Crippen MR) is 65.6 cm³/mol. The molecule has 6 nitrogen and oxygen atoms in total. The number of hydrogen-bond donors (Lipinski definition) is 1. The maximum Gasteiger partial charge on any atom is 0.362 e. The fourth-order valence-corrected chi connectivity index (χ4v) is 1.84. The molecule has 0 aliphatic carbocycles. The first-order chi connectivity index (χ1) is 8.54. The van der Waals surface area contributed by atoms with E-state index in [1.807, 2.05) is 6.92 Å². The molecule has 0 aliphatic rings. The number of rotatable bonds is 3. The fourth-order valence-electron chi connectivity index (χ4n) is 1.84. The van der Waals surface area contributed by atoms with Crippen LogP contribution in [0.15, 0.2) is 18.2 Å². The number of nitro groups is 1. The monoisotopic (exact) mass is 248 g/mol. The molecule has 1 heterocycles. The van der Waals surface area contributed by atoms with Crippen LogP contribution in [0, 0.1) is 17.0 Å². The van der Waals surface area contributed by atoms with Gasteiger partial charge in [0.25, 0.3) is 0 Å². The minimum atomic E-state index is -0.710. The molecule has 0 amide bonds. The number of nitrogens with one attached hydrogen (secondary N) is 1. The van der Waals surface area contributed by atoms with E-state index in [4.69, 9.17) is 4.74 Å². The summed E-state index contributed by atoms with van der Waals surface area (Å²) in [5.74, 6) is -0.710. The standard InChI is InChI=1S/C12H12N2O4/c1-3-18-12(15)10-11(14(16)17)8-5-4-7(2)6-9(8)13-10/h4-6,13H,3H2,1-2H3. The van der Waals surface area contributed by atoms with Crippen molar-refractivity contribution in [3.05, 3.63) is 39.6 Å². The number of carbonyl (C=O) groups is 1. The second-order valence-corrected chi connectivity index (χ2v) is 3.88. The zero-order valence-corrected chi connectivity index (χ0v) is 10.0. The van der Waals surface area contributed by atoms with Gasteiger partial charge >= 0.3 is 11.7 Å². The van der Waals surface area contributed by atoms with Crippen molar-refractivity contribution in [1.29, 1.82) is 0 Å². The van der Waals surface area contributed by atoms with Gasteiger partial charge in [-0.25, -0.2) is 4.79 Å². The quantitative estimate of drug-likeness (QED) is 0.514. The Labute approximate surface area is 103 Å². The van der Waals surface area contributed by atoms with Crippen molar-refractivity contribution >= 4 is 22.6 Å². The second-order valence-electron chi connectivity index (χ2n) is 3.88. The summed E-state index contributed by atoms with van der Waals surface area (Å²) >= 11 is 0. The molecule has 0 spiro atoms. The molecule has 0 saturated carbocycles. The van der Waals surface area contributed by atoms with Gasteiger partial charge in [-0.1, -0.05) is 6.07 Å². The Morgan fingerprint density at radius 2 is 2.22 bits per heavy atom. The highest BCUT2D eigenvalue weighted by Gasteiger charge is 2.27. The van der Waals surface area contributed by atoms with Crippen molar-refractivity contribution in [2.75, 3.05) is 6.61 Å². The first kappa shape index (κ1) is 12.1. The van der Waals surface area contributed by atoms with Crippen LogP contribution in [0.1, 0.15) is 23.0 Å².